The molecule has 9 nitrogen and oxygen atoms in total. The van der Waals surface area contributed by atoms with Gasteiger partial charge in [0.25, 0.3) is 5.91 Å². The Labute approximate surface area is 176 Å². The van der Waals surface area contributed by atoms with Crippen LogP contribution in [0.5, 0.6) is 5.75 Å². The highest BCUT2D eigenvalue weighted by Crippen LogP contribution is 2.26. The van der Waals surface area contributed by atoms with Crippen molar-refractivity contribution in [2.45, 2.75) is 6.54 Å². The van der Waals surface area contributed by atoms with Crippen molar-refractivity contribution in [1.82, 2.24) is 14.8 Å². The van der Waals surface area contributed by atoms with E-state index in [0.717, 1.165) is 22.0 Å². The lowest BCUT2D eigenvalue weighted by Crippen LogP contribution is -2.48. The number of rotatable bonds is 6. The molecular formula is C20H20N4O5S. The molecule has 0 unspecified atom stereocenters. The monoisotopic (exact) mass is 428 g/mol. The smallest absolute Gasteiger partial charge is 0.433 e. The zero-order valence-electron chi connectivity index (χ0n) is 16.3. The first kappa shape index (κ1) is 20.0. The van der Waals surface area contributed by atoms with Gasteiger partial charge in [-0.1, -0.05) is 12.1 Å². The average molecular weight is 428 g/mol. The van der Waals surface area contributed by atoms with Gasteiger partial charge in [-0.15, -0.1) is 11.3 Å². The second-order valence-electron chi connectivity index (χ2n) is 6.82. The van der Waals surface area contributed by atoms with E-state index >= 15 is 0 Å². The zero-order chi connectivity index (χ0) is 21.1. The van der Waals surface area contributed by atoms with Crippen LogP contribution in [0.3, 0.4) is 0 Å². The third-order valence-electron chi connectivity index (χ3n) is 4.92. The van der Waals surface area contributed by atoms with Crippen LogP contribution < -0.4 is 4.74 Å². The molecule has 0 radical (unpaired) electrons. The van der Waals surface area contributed by atoms with Gasteiger partial charge in [-0.3, -0.25) is 19.8 Å². The van der Waals surface area contributed by atoms with Crippen molar-refractivity contribution in [3.05, 3.63) is 62.7 Å². The zero-order valence-corrected chi connectivity index (χ0v) is 17.1. The second-order valence-corrected chi connectivity index (χ2v) is 7.76. The number of hydrogen-bond donors (Lipinski definition) is 0. The molecule has 0 spiro atoms. The van der Waals surface area contributed by atoms with Crippen molar-refractivity contribution < 1.29 is 18.9 Å². The summed E-state index contributed by atoms with van der Waals surface area (Å²) in [5, 5.41) is 13.8. The van der Waals surface area contributed by atoms with E-state index in [2.05, 4.69) is 4.90 Å². The van der Waals surface area contributed by atoms with Crippen molar-refractivity contribution in [2.24, 2.45) is 0 Å². The number of furan rings is 1. The van der Waals surface area contributed by atoms with E-state index in [4.69, 9.17) is 14.1 Å². The Hall–Kier alpha value is -3.24. The van der Waals surface area contributed by atoms with Crippen molar-refractivity contribution in [3.8, 4) is 17.0 Å². The number of carbonyl (C=O) groups is 1. The molecule has 2 aromatic heterocycles. The molecule has 0 saturated carbocycles. The maximum atomic E-state index is 12.5. The fraction of sp³-hybridized carbons (Fsp3) is 0.300. The van der Waals surface area contributed by atoms with Crippen LogP contribution in [0.4, 0.5) is 5.88 Å². The van der Waals surface area contributed by atoms with Crippen molar-refractivity contribution in [1.29, 1.82) is 0 Å². The Bertz CT molecular complexity index is 1050. The molecule has 3 heterocycles. The molecule has 1 saturated heterocycles. The maximum Gasteiger partial charge on any atom is 0.433 e. The number of nitro groups is 1. The number of aromatic nitrogens is 1. The van der Waals surface area contributed by atoms with E-state index in [1.165, 1.54) is 12.1 Å². The Kier molecular flexibility index (Phi) is 5.77. The topological polar surface area (TPSA) is 102 Å². The molecule has 156 valence electrons. The Balaban J connectivity index is 1.33. The van der Waals surface area contributed by atoms with Crippen LogP contribution in [-0.4, -0.2) is 58.9 Å². The number of nitrogens with zero attached hydrogens (tertiary/aromatic N) is 4. The van der Waals surface area contributed by atoms with Crippen LogP contribution in [0.1, 0.15) is 15.6 Å². The minimum atomic E-state index is -0.650. The first-order valence-corrected chi connectivity index (χ1v) is 10.3. The molecule has 1 aromatic carbocycles. The van der Waals surface area contributed by atoms with Gasteiger partial charge in [0.1, 0.15) is 15.7 Å². The summed E-state index contributed by atoms with van der Waals surface area (Å²) in [5.41, 5.74) is 1.93. The Morgan fingerprint density at radius 2 is 2.07 bits per heavy atom. The summed E-state index contributed by atoms with van der Waals surface area (Å²) >= 11 is 1.61. The fourth-order valence-corrected chi connectivity index (χ4v) is 4.14. The number of hydrogen-bond acceptors (Lipinski definition) is 8. The van der Waals surface area contributed by atoms with Gasteiger partial charge in [0.05, 0.1) is 25.4 Å². The van der Waals surface area contributed by atoms with Crippen LogP contribution in [-0.2, 0) is 6.54 Å². The number of amides is 1. The van der Waals surface area contributed by atoms with Crippen LogP contribution in [0.2, 0.25) is 0 Å². The molecule has 1 aliphatic heterocycles. The van der Waals surface area contributed by atoms with Crippen LogP contribution in [0.25, 0.3) is 11.3 Å². The maximum absolute atomic E-state index is 12.5. The molecule has 0 aliphatic carbocycles. The number of thiazole rings is 1. The molecule has 10 heteroatoms. The first-order chi connectivity index (χ1) is 14.5. The summed E-state index contributed by atoms with van der Waals surface area (Å²) in [4.78, 5) is 31.2. The third kappa shape index (κ3) is 4.34. The van der Waals surface area contributed by atoms with E-state index in [1.54, 1.807) is 23.3 Å². The number of methoxy groups -OCH3 is 1. The summed E-state index contributed by atoms with van der Waals surface area (Å²) in [6.07, 6.45) is 0. The SMILES string of the molecule is COc1cccc(-c2csc(CN3CCN(C(=O)c4ccc([N+](=O)[O-])o4)CC3)n2)c1. The average Bonchev–Trinajstić information content (AvgIpc) is 3.44. The molecule has 0 bridgehead atoms. The summed E-state index contributed by atoms with van der Waals surface area (Å²) in [6, 6.07) is 10.4. The van der Waals surface area contributed by atoms with Gasteiger partial charge in [0, 0.05) is 37.1 Å². The summed E-state index contributed by atoms with van der Waals surface area (Å²) < 4.78 is 10.3. The standard InChI is InChI=1S/C20H20N4O5S/c1-28-15-4-2-3-14(11-15)16-13-30-18(21-16)12-22-7-9-23(10-8-22)20(25)17-5-6-19(29-17)24(26)27/h2-6,11,13H,7-10,12H2,1H3. The second kappa shape index (κ2) is 8.64. The minimum Gasteiger partial charge on any atom is -0.497 e. The third-order valence-corrected chi connectivity index (χ3v) is 5.75. The van der Waals surface area contributed by atoms with E-state index in [9.17, 15) is 14.9 Å². The number of benzene rings is 1. The summed E-state index contributed by atoms with van der Waals surface area (Å²) in [7, 11) is 1.64. The lowest BCUT2D eigenvalue weighted by Gasteiger charge is -2.33. The highest BCUT2D eigenvalue weighted by molar-refractivity contribution is 7.09. The van der Waals surface area contributed by atoms with Gasteiger partial charge in [0.15, 0.2) is 5.76 Å². The Morgan fingerprint density at radius 1 is 1.27 bits per heavy atom. The van der Waals surface area contributed by atoms with Gasteiger partial charge in [-0.2, -0.15) is 0 Å². The van der Waals surface area contributed by atoms with Crippen LogP contribution >= 0.6 is 11.3 Å². The Morgan fingerprint density at radius 3 is 2.77 bits per heavy atom. The quantitative estimate of drug-likeness (QED) is 0.438. The fourth-order valence-electron chi connectivity index (χ4n) is 3.30. The van der Waals surface area contributed by atoms with Gasteiger partial charge in [-0.25, -0.2) is 4.98 Å². The van der Waals surface area contributed by atoms with Gasteiger partial charge in [-0.05, 0) is 18.2 Å². The molecule has 1 aliphatic rings. The highest BCUT2D eigenvalue weighted by Gasteiger charge is 2.26. The number of piperazine rings is 1. The molecule has 0 atom stereocenters. The van der Waals surface area contributed by atoms with E-state index < -0.39 is 10.8 Å². The first-order valence-electron chi connectivity index (χ1n) is 9.38. The molecule has 3 aromatic rings. The van der Waals surface area contributed by atoms with Gasteiger partial charge >= 0.3 is 5.88 Å². The lowest BCUT2D eigenvalue weighted by atomic mass is 10.2. The molecule has 30 heavy (non-hydrogen) atoms. The van der Waals surface area contributed by atoms with E-state index in [0.29, 0.717) is 32.7 Å². The van der Waals surface area contributed by atoms with Crippen LogP contribution in [0.15, 0.2) is 46.2 Å². The van der Waals surface area contributed by atoms with Crippen molar-refractivity contribution in [3.63, 3.8) is 0 Å². The normalized spacial score (nSPS) is 14.6. The van der Waals surface area contributed by atoms with Crippen LogP contribution in [0, 0.1) is 10.1 Å². The number of ether oxygens (including phenoxy) is 1. The largest absolute Gasteiger partial charge is 0.497 e. The molecule has 1 fully saturated rings. The van der Waals surface area contributed by atoms with Crippen molar-refractivity contribution >= 4 is 23.1 Å². The molecular weight excluding hydrogens is 408 g/mol. The lowest BCUT2D eigenvalue weighted by molar-refractivity contribution is -0.402. The molecule has 1 amide bonds. The number of carbonyl (C=O) groups excluding carboxylic acids is 1. The van der Waals surface area contributed by atoms with Gasteiger partial charge in [0.2, 0.25) is 0 Å². The minimum absolute atomic E-state index is 0.00185. The molecule has 4 rings (SSSR count). The molecule has 0 N–H and O–H groups in total. The summed E-state index contributed by atoms with van der Waals surface area (Å²) in [6.45, 7) is 3.16. The predicted molar refractivity (Wildman–Crippen MR) is 111 cm³/mol. The van der Waals surface area contributed by atoms with E-state index in [-0.39, 0.29) is 11.7 Å². The van der Waals surface area contributed by atoms with E-state index in [1.807, 2.05) is 29.6 Å². The van der Waals surface area contributed by atoms with Gasteiger partial charge < -0.3 is 14.1 Å². The predicted octanol–water partition coefficient (Wildman–Crippen LogP) is 3.28. The summed E-state index contributed by atoms with van der Waals surface area (Å²) in [5.74, 6) is 0.0487. The van der Waals surface area contributed by atoms with Crippen molar-refractivity contribution in [2.75, 3.05) is 33.3 Å². The highest BCUT2D eigenvalue weighted by atomic mass is 32.1.